The van der Waals surface area contributed by atoms with Crippen molar-refractivity contribution in [2.24, 2.45) is 5.84 Å². The predicted molar refractivity (Wildman–Crippen MR) is 73.2 cm³/mol. The minimum atomic E-state index is -0.430. The van der Waals surface area contributed by atoms with E-state index in [9.17, 15) is 9.18 Å². The summed E-state index contributed by atoms with van der Waals surface area (Å²) in [6.07, 6.45) is 2.74. The average molecular weight is 325 g/mol. The maximum absolute atomic E-state index is 13.0. The molecule has 6 heteroatoms. The van der Waals surface area contributed by atoms with Crippen LogP contribution in [0.2, 0.25) is 0 Å². The Hall–Kier alpha value is -1.92. The number of carbonyl (C=O) groups excluding carboxylic acids is 1. The molecule has 0 radical (unpaired) electrons. The van der Waals surface area contributed by atoms with Gasteiger partial charge in [-0.1, -0.05) is 0 Å². The summed E-state index contributed by atoms with van der Waals surface area (Å²) >= 11 is 3.27. The third-order valence-corrected chi connectivity index (χ3v) is 3.02. The molecule has 1 amide bonds. The van der Waals surface area contributed by atoms with Crippen molar-refractivity contribution in [3.63, 3.8) is 0 Å². The van der Waals surface area contributed by atoms with Crippen LogP contribution >= 0.6 is 15.9 Å². The monoisotopic (exact) mass is 324 g/mol. The van der Waals surface area contributed by atoms with Crippen LogP contribution in [-0.4, -0.2) is 5.91 Å². The van der Waals surface area contributed by atoms with Crippen LogP contribution in [0, 0.1) is 5.82 Å². The normalized spacial score (nSPS) is 10.9. The van der Waals surface area contributed by atoms with E-state index < -0.39 is 5.91 Å². The summed E-state index contributed by atoms with van der Waals surface area (Å²) in [6, 6.07) is 7.75. The number of halogens is 2. The Bertz CT molecular complexity index is 637. The van der Waals surface area contributed by atoms with Gasteiger partial charge in [-0.3, -0.25) is 10.2 Å². The van der Waals surface area contributed by atoms with Crippen molar-refractivity contribution < 1.29 is 13.6 Å². The van der Waals surface area contributed by atoms with E-state index >= 15 is 0 Å². The first-order valence-corrected chi connectivity index (χ1v) is 6.13. The molecule has 2 aromatic rings. The van der Waals surface area contributed by atoms with E-state index in [-0.39, 0.29) is 5.82 Å². The molecule has 4 nitrogen and oxygen atoms in total. The molecule has 0 aliphatic heterocycles. The second kappa shape index (κ2) is 5.81. The first kappa shape index (κ1) is 13.5. The van der Waals surface area contributed by atoms with E-state index in [2.05, 4.69) is 15.9 Å². The van der Waals surface area contributed by atoms with Gasteiger partial charge in [0.2, 0.25) is 0 Å². The van der Waals surface area contributed by atoms with Crippen molar-refractivity contribution in [3.05, 3.63) is 52.5 Å². The zero-order valence-electron chi connectivity index (χ0n) is 9.69. The summed E-state index contributed by atoms with van der Waals surface area (Å²) in [5.41, 5.74) is 2.70. The van der Waals surface area contributed by atoms with Crippen LogP contribution in [0.25, 0.3) is 17.4 Å². The standard InChI is InChI=1S/C13H10BrFN2O2/c14-11-7-8(15)1-4-10(11)12-5-2-9(19-12)3-6-13(18)17-16/h1-7H,16H2,(H,17,18)/b6-3+. The number of hydrazine groups is 1. The summed E-state index contributed by atoms with van der Waals surface area (Å²) in [7, 11) is 0. The maximum Gasteiger partial charge on any atom is 0.258 e. The Morgan fingerprint density at radius 3 is 2.84 bits per heavy atom. The Kier molecular flexibility index (Phi) is 4.13. The highest BCUT2D eigenvalue weighted by Crippen LogP contribution is 2.30. The van der Waals surface area contributed by atoms with Gasteiger partial charge < -0.3 is 4.42 Å². The Labute approximate surface area is 117 Å². The first-order valence-electron chi connectivity index (χ1n) is 5.34. The van der Waals surface area contributed by atoms with Gasteiger partial charge in [-0.25, -0.2) is 10.2 Å². The lowest BCUT2D eigenvalue weighted by molar-refractivity contribution is -0.116. The van der Waals surface area contributed by atoms with Gasteiger partial charge in [-0.05, 0) is 52.3 Å². The topological polar surface area (TPSA) is 68.3 Å². The van der Waals surface area contributed by atoms with Gasteiger partial charge in [0.15, 0.2) is 0 Å². The number of benzene rings is 1. The zero-order chi connectivity index (χ0) is 13.8. The molecular weight excluding hydrogens is 315 g/mol. The fourth-order valence-corrected chi connectivity index (χ4v) is 2.03. The first-order chi connectivity index (χ1) is 9.10. The molecule has 0 atom stereocenters. The van der Waals surface area contributed by atoms with Crippen molar-refractivity contribution in [1.29, 1.82) is 0 Å². The lowest BCUT2D eigenvalue weighted by atomic mass is 10.2. The minimum absolute atomic E-state index is 0.332. The highest BCUT2D eigenvalue weighted by atomic mass is 79.9. The molecule has 2 rings (SSSR count). The fourth-order valence-electron chi connectivity index (χ4n) is 1.48. The van der Waals surface area contributed by atoms with E-state index in [1.807, 2.05) is 5.43 Å². The van der Waals surface area contributed by atoms with E-state index in [1.165, 1.54) is 24.3 Å². The second-order valence-corrected chi connectivity index (χ2v) is 4.52. The molecule has 0 spiro atoms. The number of nitrogens with two attached hydrogens (primary N) is 1. The van der Waals surface area contributed by atoms with Crippen LogP contribution in [0.15, 0.2) is 45.3 Å². The molecule has 0 aliphatic rings. The Morgan fingerprint density at radius 1 is 1.37 bits per heavy atom. The van der Waals surface area contributed by atoms with Crippen molar-refractivity contribution >= 4 is 27.9 Å². The third kappa shape index (κ3) is 3.30. The van der Waals surface area contributed by atoms with Crippen LogP contribution in [-0.2, 0) is 4.79 Å². The summed E-state index contributed by atoms with van der Waals surface area (Å²) in [5.74, 6) is 5.25. The number of amides is 1. The van der Waals surface area contributed by atoms with Gasteiger partial charge >= 0.3 is 0 Å². The van der Waals surface area contributed by atoms with Gasteiger partial charge in [0.25, 0.3) is 5.91 Å². The van der Waals surface area contributed by atoms with Crippen molar-refractivity contribution in [2.45, 2.75) is 0 Å². The zero-order valence-corrected chi connectivity index (χ0v) is 11.3. The van der Waals surface area contributed by atoms with E-state index in [0.717, 1.165) is 5.56 Å². The molecule has 98 valence electrons. The highest BCUT2D eigenvalue weighted by molar-refractivity contribution is 9.10. The van der Waals surface area contributed by atoms with E-state index in [0.29, 0.717) is 16.0 Å². The molecule has 19 heavy (non-hydrogen) atoms. The number of hydrogen-bond donors (Lipinski definition) is 2. The quantitative estimate of drug-likeness (QED) is 0.395. The largest absolute Gasteiger partial charge is 0.457 e. The number of carbonyl (C=O) groups is 1. The molecule has 1 aromatic carbocycles. The van der Waals surface area contributed by atoms with Crippen molar-refractivity contribution in [1.82, 2.24) is 5.43 Å². The fraction of sp³-hybridized carbons (Fsp3) is 0. The summed E-state index contributed by atoms with van der Waals surface area (Å²) in [6.45, 7) is 0. The smallest absolute Gasteiger partial charge is 0.258 e. The van der Waals surface area contributed by atoms with Crippen molar-refractivity contribution in [3.8, 4) is 11.3 Å². The van der Waals surface area contributed by atoms with E-state index in [4.69, 9.17) is 10.3 Å². The lowest BCUT2D eigenvalue weighted by Crippen LogP contribution is -2.27. The molecular formula is C13H10BrFN2O2. The van der Waals surface area contributed by atoms with Gasteiger partial charge in [-0.2, -0.15) is 0 Å². The van der Waals surface area contributed by atoms with Crippen LogP contribution in [0.5, 0.6) is 0 Å². The van der Waals surface area contributed by atoms with Crippen LogP contribution in [0.1, 0.15) is 5.76 Å². The van der Waals surface area contributed by atoms with Crippen LogP contribution in [0.4, 0.5) is 4.39 Å². The van der Waals surface area contributed by atoms with Crippen LogP contribution in [0.3, 0.4) is 0 Å². The molecule has 0 bridgehead atoms. The summed E-state index contributed by atoms with van der Waals surface area (Å²) in [5, 5.41) is 0. The molecule has 0 saturated carbocycles. The molecule has 0 unspecified atom stereocenters. The second-order valence-electron chi connectivity index (χ2n) is 3.67. The molecule has 1 aromatic heterocycles. The highest BCUT2D eigenvalue weighted by Gasteiger charge is 2.08. The minimum Gasteiger partial charge on any atom is -0.457 e. The SMILES string of the molecule is NNC(=O)/C=C/c1ccc(-c2ccc(F)cc2Br)o1. The van der Waals surface area contributed by atoms with E-state index in [1.54, 1.807) is 18.2 Å². The lowest BCUT2D eigenvalue weighted by Gasteiger charge is -2.00. The average Bonchev–Trinajstić information content (AvgIpc) is 2.84. The van der Waals surface area contributed by atoms with Gasteiger partial charge in [0.05, 0.1) is 0 Å². The maximum atomic E-state index is 13.0. The summed E-state index contributed by atoms with van der Waals surface area (Å²) < 4.78 is 19.1. The number of rotatable bonds is 3. The Balaban J connectivity index is 2.26. The molecule has 1 heterocycles. The van der Waals surface area contributed by atoms with Crippen molar-refractivity contribution in [2.75, 3.05) is 0 Å². The third-order valence-electron chi connectivity index (χ3n) is 2.36. The molecule has 0 aliphatic carbocycles. The Morgan fingerprint density at radius 2 is 2.16 bits per heavy atom. The van der Waals surface area contributed by atoms with Crippen LogP contribution < -0.4 is 11.3 Å². The number of nitrogens with one attached hydrogen (secondary N) is 1. The number of hydrogen-bond acceptors (Lipinski definition) is 3. The van der Waals surface area contributed by atoms with Gasteiger partial charge in [0, 0.05) is 16.1 Å². The summed E-state index contributed by atoms with van der Waals surface area (Å²) in [4.78, 5) is 10.9. The van der Waals surface area contributed by atoms with Gasteiger partial charge in [-0.15, -0.1) is 0 Å². The molecule has 3 N–H and O–H groups in total. The van der Waals surface area contributed by atoms with Gasteiger partial charge in [0.1, 0.15) is 17.3 Å². The molecule has 0 fully saturated rings. The molecule has 0 saturated heterocycles. The number of furan rings is 1. The predicted octanol–water partition coefficient (Wildman–Crippen LogP) is 2.85.